The van der Waals surface area contributed by atoms with Gasteiger partial charge < -0.3 is 10.1 Å². The largest absolute Gasteiger partial charge is 0.383 e. The minimum atomic E-state index is -3.69. The van der Waals surface area contributed by atoms with Crippen LogP contribution in [-0.2, 0) is 21.2 Å². The second-order valence-corrected chi connectivity index (χ2v) is 8.07. The number of benzene rings is 2. The second kappa shape index (κ2) is 7.98. The van der Waals surface area contributed by atoms with Crippen molar-refractivity contribution in [2.24, 2.45) is 0 Å². The number of anilines is 2. The van der Waals surface area contributed by atoms with Gasteiger partial charge in [0.2, 0.25) is 0 Å². The average Bonchev–Trinajstić information content (AvgIpc) is 3.07. The van der Waals surface area contributed by atoms with Crippen molar-refractivity contribution < 1.29 is 17.9 Å². The predicted octanol–water partition coefficient (Wildman–Crippen LogP) is 2.51. The van der Waals surface area contributed by atoms with E-state index in [1.54, 1.807) is 36.3 Å². The maximum absolute atomic E-state index is 12.7. The van der Waals surface area contributed by atoms with Crippen LogP contribution in [0, 0.1) is 6.92 Å². The zero-order valence-corrected chi connectivity index (χ0v) is 16.2. The molecular weight excluding hydrogens is 366 g/mol. The van der Waals surface area contributed by atoms with Crippen molar-refractivity contribution in [2.75, 3.05) is 36.4 Å². The Balaban J connectivity index is 1.76. The number of amides is 2. The minimum Gasteiger partial charge on any atom is -0.383 e. The Morgan fingerprint density at radius 1 is 1.19 bits per heavy atom. The Kier molecular flexibility index (Phi) is 5.67. The van der Waals surface area contributed by atoms with Gasteiger partial charge >= 0.3 is 6.03 Å². The summed E-state index contributed by atoms with van der Waals surface area (Å²) in [6, 6.07) is 11.8. The van der Waals surface area contributed by atoms with E-state index in [-0.39, 0.29) is 10.9 Å². The summed E-state index contributed by atoms with van der Waals surface area (Å²) < 4.78 is 32.8. The van der Waals surface area contributed by atoms with Gasteiger partial charge in [0.05, 0.1) is 11.5 Å². The first-order valence-corrected chi connectivity index (χ1v) is 10.2. The fraction of sp³-hybridized carbons (Fsp3) is 0.316. The first-order valence-electron chi connectivity index (χ1n) is 8.67. The van der Waals surface area contributed by atoms with Crippen LogP contribution < -0.4 is 14.9 Å². The lowest BCUT2D eigenvalue weighted by molar-refractivity contribution is 0.197. The minimum absolute atomic E-state index is 0.184. The van der Waals surface area contributed by atoms with E-state index in [1.165, 1.54) is 6.07 Å². The molecule has 0 bridgehead atoms. The zero-order valence-electron chi connectivity index (χ0n) is 15.4. The van der Waals surface area contributed by atoms with Crippen molar-refractivity contribution in [3.05, 3.63) is 53.6 Å². The van der Waals surface area contributed by atoms with Gasteiger partial charge in [-0.15, -0.1) is 0 Å². The van der Waals surface area contributed by atoms with Gasteiger partial charge in [0.15, 0.2) is 0 Å². The van der Waals surface area contributed by atoms with Gasteiger partial charge in [-0.25, -0.2) is 13.2 Å². The second-order valence-electron chi connectivity index (χ2n) is 6.39. The molecule has 0 fully saturated rings. The van der Waals surface area contributed by atoms with Crippen molar-refractivity contribution in [1.29, 1.82) is 0 Å². The lowest BCUT2D eigenvalue weighted by Crippen LogP contribution is -2.40. The number of urea groups is 1. The fourth-order valence-electron chi connectivity index (χ4n) is 2.95. The third-order valence-corrected chi connectivity index (χ3v) is 5.77. The molecule has 0 atom stereocenters. The third-order valence-electron chi connectivity index (χ3n) is 4.39. The van der Waals surface area contributed by atoms with Gasteiger partial charge in [-0.2, -0.15) is 0 Å². The number of aryl methyl sites for hydroxylation is 1. The summed E-state index contributed by atoms with van der Waals surface area (Å²) in [5.74, 6) is 0. The quantitative estimate of drug-likeness (QED) is 0.743. The fourth-order valence-corrected chi connectivity index (χ4v) is 4.06. The van der Waals surface area contributed by atoms with Crippen molar-refractivity contribution in [3.8, 4) is 0 Å². The Labute approximate surface area is 159 Å². The molecule has 3 rings (SSSR count). The van der Waals surface area contributed by atoms with Gasteiger partial charge in [-0.3, -0.25) is 9.62 Å². The number of nitrogens with one attached hydrogen (secondary N) is 2. The Bertz CT molecular complexity index is 926. The number of rotatable bonds is 6. The van der Waals surface area contributed by atoms with E-state index in [0.717, 1.165) is 16.8 Å². The number of nitrogens with zero attached hydrogens (tertiary/aromatic N) is 1. The van der Waals surface area contributed by atoms with E-state index in [9.17, 15) is 13.2 Å². The van der Waals surface area contributed by atoms with E-state index in [2.05, 4.69) is 10.0 Å². The molecule has 0 aromatic heterocycles. The van der Waals surface area contributed by atoms with Crippen molar-refractivity contribution >= 4 is 27.4 Å². The van der Waals surface area contributed by atoms with Gasteiger partial charge in [0.25, 0.3) is 10.0 Å². The molecule has 0 saturated carbocycles. The number of sulfonamides is 1. The van der Waals surface area contributed by atoms with Crippen LogP contribution in [0.4, 0.5) is 16.2 Å². The lowest BCUT2D eigenvalue weighted by atomic mass is 10.2. The summed E-state index contributed by atoms with van der Waals surface area (Å²) in [6.07, 6.45) is 0.612. The highest BCUT2D eigenvalue weighted by Crippen LogP contribution is 2.30. The van der Waals surface area contributed by atoms with Gasteiger partial charge in [-0.1, -0.05) is 17.7 Å². The Morgan fingerprint density at radius 3 is 2.63 bits per heavy atom. The highest BCUT2D eigenvalue weighted by molar-refractivity contribution is 7.92. The molecule has 7 nitrogen and oxygen atoms in total. The molecule has 2 aromatic rings. The molecule has 0 radical (unpaired) electrons. The molecule has 0 spiro atoms. The SMILES string of the molecule is COCCNC(=O)N1CCc2cc(S(=O)(=O)Nc3ccc(C)cc3)ccc21. The average molecular weight is 389 g/mol. The Morgan fingerprint density at radius 2 is 1.93 bits per heavy atom. The normalized spacial score (nSPS) is 13.3. The molecule has 0 unspecified atom stereocenters. The molecule has 1 heterocycles. The first kappa shape index (κ1) is 19.2. The number of ether oxygens (including phenoxy) is 1. The molecule has 27 heavy (non-hydrogen) atoms. The molecular formula is C19H23N3O4S. The number of carbonyl (C=O) groups is 1. The zero-order chi connectivity index (χ0) is 19.4. The Hall–Kier alpha value is -2.58. The molecule has 0 saturated heterocycles. The lowest BCUT2D eigenvalue weighted by Gasteiger charge is -2.18. The molecule has 0 aliphatic carbocycles. The van der Waals surface area contributed by atoms with E-state index < -0.39 is 10.0 Å². The van der Waals surface area contributed by atoms with Crippen LogP contribution >= 0.6 is 0 Å². The standard InChI is InChI=1S/C19H23N3O4S/c1-14-3-5-16(6-4-14)21-27(24,25)17-7-8-18-15(13-17)9-11-22(18)19(23)20-10-12-26-2/h3-8,13,21H,9-12H2,1-2H3,(H,20,23). The summed E-state index contributed by atoms with van der Waals surface area (Å²) in [5.41, 5.74) is 3.14. The van der Waals surface area contributed by atoms with Crippen LogP contribution in [0.2, 0.25) is 0 Å². The summed E-state index contributed by atoms with van der Waals surface area (Å²) in [5, 5.41) is 2.78. The summed E-state index contributed by atoms with van der Waals surface area (Å²) in [4.78, 5) is 14.1. The van der Waals surface area contributed by atoms with Crippen LogP contribution in [0.1, 0.15) is 11.1 Å². The predicted molar refractivity (Wildman–Crippen MR) is 105 cm³/mol. The monoisotopic (exact) mass is 389 g/mol. The van der Waals surface area contributed by atoms with Crippen molar-refractivity contribution in [1.82, 2.24) is 5.32 Å². The van der Waals surface area contributed by atoms with Crippen LogP contribution in [0.3, 0.4) is 0 Å². The van der Waals surface area contributed by atoms with E-state index in [1.807, 2.05) is 19.1 Å². The number of fused-ring (bicyclic) bond motifs is 1. The van der Waals surface area contributed by atoms with E-state index >= 15 is 0 Å². The topological polar surface area (TPSA) is 87.7 Å². The van der Waals surface area contributed by atoms with Crippen molar-refractivity contribution in [3.63, 3.8) is 0 Å². The first-order chi connectivity index (χ1) is 12.9. The van der Waals surface area contributed by atoms with Crippen LogP contribution in [0.5, 0.6) is 0 Å². The summed E-state index contributed by atoms with van der Waals surface area (Å²) in [6.45, 7) is 3.32. The highest BCUT2D eigenvalue weighted by Gasteiger charge is 2.26. The van der Waals surface area contributed by atoms with Crippen LogP contribution in [0.15, 0.2) is 47.4 Å². The number of hydrogen-bond donors (Lipinski definition) is 2. The smallest absolute Gasteiger partial charge is 0.321 e. The molecule has 2 N–H and O–H groups in total. The molecule has 2 aromatic carbocycles. The van der Waals surface area contributed by atoms with Crippen molar-refractivity contribution in [2.45, 2.75) is 18.2 Å². The number of hydrogen-bond acceptors (Lipinski definition) is 4. The van der Waals surface area contributed by atoms with E-state index in [4.69, 9.17) is 4.74 Å². The molecule has 1 aliphatic heterocycles. The molecule has 2 amide bonds. The summed E-state index contributed by atoms with van der Waals surface area (Å²) >= 11 is 0. The number of methoxy groups -OCH3 is 1. The maximum atomic E-state index is 12.7. The van der Waals surface area contributed by atoms with E-state index in [0.29, 0.717) is 31.8 Å². The van der Waals surface area contributed by atoms with Crippen LogP contribution in [-0.4, -0.2) is 41.3 Å². The number of carbonyl (C=O) groups excluding carboxylic acids is 1. The van der Waals surface area contributed by atoms with Gasteiger partial charge in [-0.05, 0) is 49.2 Å². The summed E-state index contributed by atoms with van der Waals surface area (Å²) in [7, 11) is -2.12. The molecule has 8 heteroatoms. The molecule has 144 valence electrons. The highest BCUT2D eigenvalue weighted by atomic mass is 32.2. The molecule has 1 aliphatic rings. The maximum Gasteiger partial charge on any atom is 0.321 e. The third kappa shape index (κ3) is 4.40. The van der Waals surface area contributed by atoms with Gasteiger partial charge in [0, 0.05) is 31.6 Å². The van der Waals surface area contributed by atoms with Gasteiger partial charge in [0.1, 0.15) is 0 Å². The van der Waals surface area contributed by atoms with Crippen LogP contribution in [0.25, 0.3) is 0 Å².